The lowest BCUT2D eigenvalue weighted by atomic mass is 10.3. The zero-order valence-electron chi connectivity index (χ0n) is 9.65. The van der Waals surface area contributed by atoms with E-state index in [-0.39, 0.29) is 4.90 Å². The fourth-order valence-electron chi connectivity index (χ4n) is 1.88. The average molecular weight is 357 g/mol. The van der Waals surface area contributed by atoms with Gasteiger partial charge in [0.25, 0.3) is 10.0 Å². The van der Waals surface area contributed by atoms with Crippen LogP contribution in [-0.4, -0.2) is 14.8 Å². The molecule has 4 nitrogen and oxygen atoms in total. The average Bonchev–Trinajstić information content (AvgIpc) is 2.79. The zero-order valence-corrected chi connectivity index (χ0v) is 12.9. The number of anilines is 1. The van der Waals surface area contributed by atoms with Crippen molar-refractivity contribution in [2.24, 2.45) is 4.40 Å². The molecule has 0 fully saturated rings. The van der Waals surface area contributed by atoms with Gasteiger partial charge in [0.05, 0.1) is 12.2 Å². The maximum absolute atomic E-state index is 11.8. The highest BCUT2D eigenvalue weighted by molar-refractivity contribution is 9.10. The van der Waals surface area contributed by atoms with Gasteiger partial charge < -0.3 is 4.90 Å². The van der Waals surface area contributed by atoms with Gasteiger partial charge in [0, 0.05) is 14.7 Å². The molecule has 0 aliphatic carbocycles. The number of sulfonamides is 1. The molecule has 1 aromatic heterocycles. The first-order valence-corrected chi connectivity index (χ1v) is 8.56. The molecule has 0 saturated heterocycles. The highest BCUT2D eigenvalue weighted by Gasteiger charge is 2.24. The number of benzene rings is 1. The Morgan fingerprint density at radius 3 is 2.84 bits per heavy atom. The molecule has 0 unspecified atom stereocenters. The number of rotatable bonds is 2. The summed E-state index contributed by atoms with van der Waals surface area (Å²) < 4.78 is 28.4. The first-order valence-electron chi connectivity index (χ1n) is 5.45. The number of nitrogens with zero attached hydrogens (tertiary/aromatic N) is 2. The molecule has 0 bridgehead atoms. The van der Waals surface area contributed by atoms with Crippen molar-refractivity contribution < 1.29 is 8.42 Å². The molecule has 1 aliphatic heterocycles. The molecule has 0 amide bonds. The highest BCUT2D eigenvalue weighted by Crippen LogP contribution is 2.31. The summed E-state index contributed by atoms with van der Waals surface area (Å²) in [4.78, 5) is 3.23. The molecule has 7 heteroatoms. The smallest absolute Gasteiger partial charge is 0.285 e. The van der Waals surface area contributed by atoms with Gasteiger partial charge in [-0.2, -0.15) is 8.42 Å². The molecule has 1 aliphatic rings. The third-order valence-corrected chi connectivity index (χ3v) is 5.68. The van der Waals surface area contributed by atoms with Gasteiger partial charge in [0.1, 0.15) is 11.2 Å². The van der Waals surface area contributed by atoms with Gasteiger partial charge in [0.2, 0.25) is 0 Å². The van der Waals surface area contributed by atoms with Crippen molar-refractivity contribution in [2.75, 3.05) is 4.90 Å². The number of hydrogen-bond donors (Lipinski definition) is 0. The highest BCUT2D eigenvalue weighted by atomic mass is 79.9. The number of thiophene rings is 1. The quantitative estimate of drug-likeness (QED) is 0.829. The Kier molecular flexibility index (Phi) is 3.20. The third kappa shape index (κ3) is 2.45. The Labute approximate surface area is 123 Å². The summed E-state index contributed by atoms with van der Waals surface area (Å²) in [5, 5.41) is 2.00. The Morgan fingerprint density at radius 2 is 2.11 bits per heavy atom. The van der Waals surface area contributed by atoms with E-state index in [2.05, 4.69) is 20.3 Å². The van der Waals surface area contributed by atoms with E-state index in [1.54, 1.807) is 29.5 Å². The van der Waals surface area contributed by atoms with Crippen molar-refractivity contribution in [1.29, 1.82) is 0 Å². The van der Waals surface area contributed by atoms with Crippen molar-refractivity contribution >= 4 is 49.3 Å². The predicted molar refractivity (Wildman–Crippen MR) is 80.3 cm³/mol. The van der Waals surface area contributed by atoms with Crippen LogP contribution in [0.3, 0.4) is 0 Å². The van der Waals surface area contributed by atoms with E-state index in [1.165, 1.54) is 6.34 Å². The van der Waals surface area contributed by atoms with Gasteiger partial charge in [-0.1, -0.05) is 12.1 Å². The summed E-state index contributed by atoms with van der Waals surface area (Å²) in [6, 6.07) is 8.92. The van der Waals surface area contributed by atoms with Gasteiger partial charge in [-0.3, -0.25) is 0 Å². The molecule has 98 valence electrons. The SMILES string of the molecule is O=S1(=O)N=CN(Cc2cc(Br)cs2)c2ccccc21. The first-order chi connectivity index (χ1) is 9.06. The van der Waals surface area contributed by atoms with E-state index >= 15 is 0 Å². The molecule has 0 saturated carbocycles. The van der Waals surface area contributed by atoms with Gasteiger partial charge in [-0.05, 0) is 34.1 Å². The molecular weight excluding hydrogens is 348 g/mol. The van der Waals surface area contributed by atoms with E-state index in [0.717, 1.165) is 9.35 Å². The maximum atomic E-state index is 11.8. The van der Waals surface area contributed by atoms with Crippen LogP contribution in [0.2, 0.25) is 0 Å². The maximum Gasteiger partial charge on any atom is 0.285 e. The summed E-state index contributed by atoms with van der Waals surface area (Å²) in [5.74, 6) is 0. The van der Waals surface area contributed by atoms with Crippen LogP contribution in [0.1, 0.15) is 4.88 Å². The lowest BCUT2D eigenvalue weighted by Crippen LogP contribution is -2.26. The number of para-hydroxylation sites is 1. The molecule has 0 atom stereocenters. The fourth-order valence-corrected chi connectivity index (χ4v) is 4.38. The van der Waals surface area contributed by atoms with Crippen LogP contribution in [0, 0.1) is 0 Å². The van der Waals surface area contributed by atoms with Gasteiger partial charge in [-0.25, -0.2) is 0 Å². The zero-order chi connectivity index (χ0) is 13.5. The summed E-state index contributed by atoms with van der Waals surface area (Å²) in [6.07, 6.45) is 1.38. The normalized spacial score (nSPS) is 16.4. The number of hydrogen-bond acceptors (Lipinski definition) is 4. The Hall–Kier alpha value is -1.18. The topological polar surface area (TPSA) is 49.7 Å². The summed E-state index contributed by atoms with van der Waals surface area (Å²) in [5.41, 5.74) is 0.669. The standard InChI is InChI=1S/C12H9BrN2O2S2/c13-9-5-10(18-7-9)6-15-8-14-19(16,17)12-4-2-1-3-11(12)15/h1-5,7-8H,6H2. The van der Waals surface area contributed by atoms with Gasteiger partial charge in [0.15, 0.2) is 0 Å². The molecule has 1 aromatic carbocycles. The molecule has 0 spiro atoms. The van der Waals surface area contributed by atoms with Crippen molar-refractivity contribution in [1.82, 2.24) is 0 Å². The van der Waals surface area contributed by atoms with E-state index in [0.29, 0.717) is 12.2 Å². The van der Waals surface area contributed by atoms with Crippen LogP contribution >= 0.6 is 27.3 Å². The third-order valence-electron chi connectivity index (χ3n) is 2.73. The van der Waals surface area contributed by atoms with E-state index in [4.69, 9.17) is 0 Å². The summed E-state index contributed by atoms with van der Waals surface area (Å²) in [6.45, 7) is 0.603. The number of fused-ring (bicyclic) bond motifs is 1. The van der Waals surface area contributed by atoms with Crippen molar-refractivity contribution in [3.8, 4) is 0 Å². The van der Waals surface area contributed by atoms with Crippen molar-refractivity contribution in [2.45, 2.75) is 11.4 Å². The predicted octanol–water partition coefficient (Wildman–Crippen LogP) is 3.25. The van der Waals surface area contributed by atoms with Gasteiger partial charge in [-0.15, -0.1) is 15.7 Å². The van der Waals surface area contributed by atoms with Crippen LogP contribution in [0.4, 0.5) is 5.69 Å². The van der Waals surface area contributed by atoms with E-state index in [1.807, 2.05) is 22.4 Å². The van der Waals surface area contributed by atoms with E-state index < -0.39 is 10.0 Å². The lowest BCUT2D eigenvalue weighted by molar-refractivity contribution is 0.597. The Bertz CT molecular complexity index is 753. The Morgan fingerprint density at radius 1 is 1.32 bits per heavy atom. The van der Waals surface area contributed by atoms with Crippen molar-refractivity contribution in [3.63, 3.8) is 0 Å². The Balaban J connectivity index is 2.01. The molecule has 3 rings (SSSR count). The minimum atomic E-state index is -3.54. The minimum absolute atomic E-state index is 0.258. The monoisotopic (exact) mass is 356 g/mol. The van der Waals surface area contributed by atoms with Crippen LogP contribution < -0.4 is 4.90 Å². The van der Waals surface area contributed by atoms with Crippen molar-refractivity contribution in [3.05, 3.63) is 45.1 Å². The summed E-state index contributed by atoms with van der Waals surface area (Å²) in [7, 11) is -3.54. The first kappa shape index (κ1) is 12.8. The van der Waals surface area contributed by atoms with E-state index in [9.17, 15) is 8.42 Å². The molecule has 2 heterocycles. The molecule has 19 heavy (non-hydrogen) atoms. The second kappa shape index (κ2) is 4.73. The molecule has 0 N–H and O–H groups in total. The molecule has 0 radical (unpaired) electrons. The van der Waals surface area contributed by atoms with Crippen LogP contribution in [0.5, 0.6) is 0 Å². The minimum Gasteiger partial charge on any atom is -0.325 e. The molecular formula is C12H9BrN2O2S2. The van der Waals surface area contributed by atoms with Crippen LogP contribution in [0.25, 0.3) is 0 Å². The lowest BCUT2D eigenvalue weighted by Gasteiger charge is -2.24. The molecule has 2 aromatic rings. The summed E-state index contributed by atoms with van der Waals surface area (Å²) >= 11 is 5.03. The fraction of sp³-hybridized carbons (Fsp3) is 0.0833. The van der Waals surface area contributed by atoms with Gasteiger partial charge >= 0.3 is 0 Å². The van der Waals surface area contributed by atoms with Crippen LogP contribution in [-0.2, 0) is 16.6 Å². The van der Waals surface area contributed by atoms with Crippen LogP contribution in [0.15, 0.2) is 49.5 Å². The number of halogens is 1. The second-order valence-electron chi connectivity index (χ2n) is 4.02. The second-order valence-corrected chi connectivity index (χ2v) is 7.54. The largest absolute Gasteiger partial charge is 0.325 e.